The summed E-state index contributed by atoms with van der Waals surface area (Å²) in [7, 11) is 1.64. The Morgan fingerprint density at radius 1 is 1.12 bits per heavy atom. The molecule has 0 bridgehead atoms. The molecule has 0 radical (unpaired) electrons. The van der Waals surface area contributed by atoms with Crippen molar-refractivity contribution in [3.05, 3.63) is 47.0 Å². The van der Waals surface area contributed by atoms with Crippen LogP contribution in [0.25, 0.3) is 0 Å². The van der Waals surface area contributed by atoms with Gasteiger partial charge in [0.2, 0.25) is 0 Å². The summed E-state index contributed by atoms with van der Waals surface area (Å²) in [4.78, 5) is 4.13. The van der Waals surface area contributed by atoms with E-state index in [0.29, 0.717) is 19.0 Å². The van der Waals surface area contributed by atoms with E-state index in [1.165, 1.54) is 12.1 Å². The molecular formula is C17H21F3N6. The SMILES string of the molecule is CN=C(NCc1ccc(C(F)(F)F)cc1)NCc1nnc2n1CCCC2. The topological polar surface area (TPSA) is 67.1 Å². The molecule has 1 aromatic carbocycles. The van der Waals surface area contributed by atoms with Crippen LogP contribution in [0.4, 0.5) is 13.2 Å². The van der Waals surface area contributed by atoms with Crippen LogP contribution in [-0.2, 0) is 32.2 Å². The van der Waals surface area contributed by atoms with Gasteiger partial charge in [0.1, 0.15) is 5.82 Å². The molecule has 0 spiro atoms. The van der Waals surface area contributed by atoms with Gasteiger partial charge in [-0.05, 0) is 30.5 Å². The molecule has 3 rings (SSSR count). The van der Waals surface area contributed by atoms with E-state index in [-0.39, 0.29) is 0 Å². The summed E-state index contributed by atoms with van der Waals surface area (Å²) in [5, 5.41) is 14.7. The second kappa shape index (κ2) is 7.76. The molecule has 2 heterocycles. The van der Waals surface area contributed by atoms with Crippen molar-refractivity contribution in [3.8, 4) is 0 Å². The summed E-state index contributed by atoms with van der Waals surface area (Å²) in [5.74, 6) is 2.43. The summed E-state index contributed by atoms with van der Waals surface area (Å²) in [6.45, 7) is 1.78. The Kier molecular flexibility index (Phi) is 5.43. The van der Waals surface area contributed by atoms with Gasteiger partial charge in [-0.1, -0.05) is 12.1 Å². The number of benzene rings is 1. The van der Waals surface area contributed by atoms with Crippen LogP contribution in [0.1, 0.15) is 35.6 Å². The van der Waals surface area contributed by atoms with Gasteiger partial charge < -0.3 is 15.2 Å². The highest BCUT2D eigenvalue weighted by molar-refractivity contribution is 5.79. The first kappa shape index (κ1) is 18.2. The highest BCUT2D eigenvalue weighted by atomic mass is 19.4. The van der Waals surface area contributed by atoms with Gasteiger partial charge in [-0.3, -0.25) is 4.99 Å². The number of hydrogen-bond acceptors (Lipinski definition) is 3. The van der Waals surface area contributed by atoms with Crippen LogP contribution < -0.4 is 10.6 Å². The monoisotopic (exact) mass is 366 g/mol. The van der Waals surface area contributed by atoms with E-state index >= 15 is 0 Å². The van der Waals surface area contributed by atoms with Crippen LogP contribution in [0.3, 0.4) is 0 Å². The number of nitrogens with zero attached hydrogens (tertiary/aromatic N) is 4. The maximum absolute atomic E-state index is 12.6. The molecule has 0 saturated carbocycles. The number of hydrogen-bond donors (Lipinski definition) is 2. The van der Waals surface area contributed by atoms with Gasteiger partial charge in [-0.15, -0.1) is 10.2 Å². The lowest BCUT2D eigenvalue weighted by atomic mass is 10.1. The number of halogens is 3. The first-order chi connectivity index (χ1) is 12.5. The van der Waals surface area contributed by atoms with E-state index in [1.807, 2.05) is 0 Å². The molecule has 0 saturated heterocycles. The second-order valence-electron chi connectivity index (χ2n) is 6.12. The fraction of sp³-hybridized carbons (Fsp3) is 0.471. The molecule has 0 fully saturated rings. The lowest BCUT2D eigenvalue weighted by Crippen LogP contribution is -2.37. The van der Waals surface area contributed by atoms with Gasteiger partial charge in [-0.25, -0.2) is 0 Å². The molecular weight excluding hydrogens is 345 g/mol. The van der Waals surface area contributed by atoms with Crippen LogP contribution in [0.5, 0.6) is 0 Å². The van der Waals surface area contributed by atoms with Gasteiger partial charge in [0.05, 0.1) is 12.1 Å². The van der Waals surface area contributed by atoms with Crippen molar-refractivity contribution < 1.29 is 13.2 Å². The zero-order valence-corrected chi connectivity index (χ0v) is 14.5. The van der Waals surface area contributed by atoms with Crippen molar-refractivity contribution in [2.75, 3.05) is 7.05 Å². The molecule has 2 N–H and O–H groups in total. The van der Waals surface area contributed by atoms with E-state index < -0.39 is 11.7 Å². The van der Waals surface area contributed by atoms with Crippen LogP contribution in [0.15, 0.2) is 29.3 Å². The summed E-state index contributed by atoms with van der Waals surface area (Å²) in [6, 6.07) is 5.07. The Labute approximate surface area is 149 Å². The van der Waals surface area contributed by atoms with Crippen molar-refractivity contribution in [3.63, 3.8) is 0 Å². The van der Waals surface area contributed by atoms with E-state index in [2.05, 4.69) is 30.4 Å². The molecule has 2 aromatic rings. The van der Waals surface area contributed by atoms with Crippen molar-refractivity contribution in [1.29, 1.82) is 0 Å². The highest BCUT2D eigenvalue weighted by Gasteiger charge is 2.29. The third kappa shape index (κ3) is 4.33. The predicted octanol–water partition coefficient (Wildman–Crippen LogP) is 2.50. The Morgan fingerprint density at radius 2 is 1.85 bits per heavy atom. The average Bonchev–Trinajstić information content (AvgIpc) is 3.05. The van der Waals surface area contributed by atoms with E-state index in [0.717, 1.165) is 55.2 Å². The Morgan fingerprint density at radius 3 is 2.54 bits per heavy atom. The number of alkyl halides is 3. The number of fused-ring (bicyclic) bond motifs is 1. The third-order valence-corrected chi connectivity index (χ3v) is 4.31. The molecule has 9 heteroatoms. The first-order valence-electron chi connectivity index (χ1n) is 8.49. The smallest absolute Gasteiger partial charge is 0.352 e. The molecule has 26 heavy (non-hydrogen) atoms. The maximum atomic E-state index is 12.6. The van der Waals surface area contributed by atoms with Crippen molar-refractivity contribution in [2.45, 2.75) is 45.1 Å². The van der Waals surface area contributed by atoms with E-state index in [1.54, 1.807) is 7.05 Å². The van der Waals surface area contributed by atoms with Crippen LogP contribution in [-0.4, -0.2) is 27.8 Å². The van der Waals surface area contributed by atoms with Gasteiger partial charge >= 0.3 is 6.18 Å². The maximum Gasteiger partial charge on any atom is 0.416 e. The zero-order chi connectivity index (χ0) is 18.6. The van der Waals surface area contributed by atoms with Crippen LogP contribution in [0.2, 0.25) is 0 Å². The number of guanidine groups is 1. The van der Waals surface area contributed by atoms with Crippen LogP contribution >= 0.6 is 0 Å². The quantitative estimate of drug-likeness (QED) is 0.645. The standard InChI is InChI=1S/C17H21F3N6/c1-21-16(22-10-12-5-7-13(8-6-12)17(18,19)20)23-11-15-25-24-14-4-2-3-9-26(14)15/h5-8H,2-4,9-11H2,1H3,(H2,21,22,23). The normalized spacial score (nSPS) is 14.8. The van der Waals surface area contributed by atoms with Crippen molar-refractivity contribution in [2.24, 2.45) is 4.99 Å². The molecule has 0 amide bonds. The van der Waals surface area contributed by atoms with E-state index in [9.17, 15) is 13.2 Å². The molecule has 140 valence electrons. The number of rotatable bonds is 4. The summed E-state index contributed by atoms with van der Waals surface area (Å²) in [5.41, 5.74) is 0.0844. The first-order valence-corrected chi connectivity index (χ1v) is 8.49. The predicted molar refractivity (Wildman–Crippen MR) is 91.4 cm³/mol. The van der Waals surface area contributed by atoms with Crippen LogP contribution in [0, 0.1) is 0 Å². The molecule has 1 aliphatic heterocycles. The van der Waals surface area contributed by atoms with Crippen molar-refractivity contribution in [1.82, 2.24) is 25.4 Å². The van der Waals surface area contributed by atoms with Gasteiger partial charge in [-0.2, -0.15) is 13.2 Å². The van der Waals surface area contributed by atoms with Gasteiger partial charge in [0.25, 0.3) is 0 Å². The Balaban J connectivity index is 1.53. The molecule has 1 aromatic heterocycles. The minimum Gasteiger partial charge on any atom is -0.352 e. The third-order valence-electron chi connectivity index (χ3n) is 4.31. The van der Waals surface area contributed by atoms with Gasteiger partial charge in [0, 0.05) is 26.6 Å². The minimum atomic E-state index is -4.32. The van der Waals surface area contributed by atoms with Crippen molar-refractivity contribution >= 4 is 5.96 Å². The molecule has 0 atom stereocenters. The lowest BCUT2D eigenvalue weighted by Gasteiger charge is -2.16. The lowest BCUT2D eigenvalue weighted by molar-refractivity contribution is -0.137. The fourth-order valence-electron chi connectivity index (χ4n) is 2.88. The summed E-state index contributed by atoms with van der Waals surface area (Å²) < 4.78 is 39.9. The molecule has 0 unspecified atom stereocenters. The zero-order valence-electron chi connectivity index (χ0n) is 14.5. The average molecular weight is 366 g/mol. The molecule has 0 aliphatic carbocycles. The second-order valence-corrected chi connectivity index (χ2v) is 6.12. The fourth-order valence-corrected chi connectivity index (χ4v) is 2.88. The summed E-state index contributed by atoms with van der Waals surface area (Å²) in [6.07, 6.45) is -1.10. The highest BCUT2D eigenvalue weighted by Crippen LogP contribution is 2.29. The molecule has 6 nitrogen and oxygen atoms in total. The Bertz CT molecular complexity index is 764. The molecule has 1 aliphatic rings. The number of aryl methyl sites for hydroxylation is 1. The number of aromatic nitrogens is 3. The number of aliphatic imine (C=N–C) groups is 1. The largest absolute Gasteiger partial charge is 0.416 e. The Hall–Kier alpha value is -2.58. The number of nitrogens with one attached hydrogen (secondary N) is 2. The van der Waals surface area contributed by atoms with Gasteiger partial charge in [0.15, 0.2) is 11.8 Å². The summed E-state index contributed by atoms with van der Waals surface area (Å²) >= 11 is 0. The van der Waals surface area contributed by atoms with E-state index in [4.69, 9.17) is 0 Å². The minimum absolute atomic E-state index is 0.371.